The molecule has 5 rings (SSSR count). The number of nitrogens with zero attached hydrogens (tertiary/aromatic N) is 3. The van der Waals surface area contributed by atoms with Crippen molar-refractivity contribution in [2.24, 2.45) is 0 Å². The van der Waals surface area contributed by atoms with Crippen molar-refractivity contribution in [1.82, 2.24) is 20.1 Å². The summed E-state index contributed by atoms with van der Waals surface area (Å²) in [5, 5.41) is 8.61. The highest BCUT2D eigenvalue weighted by molar-refractivity contribution is 6.07. The van der Waals surface area contributed by atoms with Crippen LogP contribution in [0.4, 0.5) is 0 Å². The van der Waals surface area contributed by atoms with Gasteiger partial charge in [-0.2, -0.15) is 5.10 Å². The van der Waals surface area contributed by atoms with Gasteiger partial charge in [-0.3, -0.25) is 4.79 Å². The van der Waals surface area contributed by atoms with Gasteiger partial charge in [0.15, 0.2) is 0 Å². The van der Waals surface area contributed by atoms with Gasteiger partial charge in [0.1, 0.15) is 0 Å². The van der Waals surface area contributed by atoms with E-state index in [1.807, 2.05) is 49.0 Å². The predicted octanol–water partition coefficient (Wildman–Crippen LogP) is 4.90. The zero-order valence-corrected chi connectivity index (χ0v) is 17.4. The van der Waals surface area contributed by atoms with Crippen LogP contribution < -0.4 is 5.32 Å². The SMILES string of the molecule is Cc1ccc(-n2ncc(-c3cc(C(=O)NC4CC4)c4cc(C)ccc4n3)c2C)cc1. The third-order valence-electron chi connectivity index (χ3n) is 5.69. The Labute approximate surface area is 175 Å². The largest absolute Gasteiger partial charge is 0.349 e. The molecule has 5 heteroatoms. The molecule has 0 aliphatic heterocycles. The average molecular weight is 396 g/mol. The Bertz CT molecular complexity index is 1270. The number of rotatable bonds is 4. The van der Waals surface area contributed by atoms with Crippen LogP contribution >= 0.6 is 0 Å². The summed E-state index contributed by atoms with van der Waals surface area (Å²) in [7, 11) is 0. The lowest BCUT2D eigenvalue weighted by molar-refractivity contribution is 0.0952. The maximum atomic E-state index is 13.0. The summed E-state index contributed by atoms with van der Waals surface area (Å²) in [5.41, 5.74) is 7.51. The van der Waals surface area contributed by atoms with Gasteiger partial charge in [-0.25, -0.2) is 9.67 Å². The molecule has 2 aromatic carbocycles. The van der Waals surface area contributed by atoms with E-state index in [2.05, 4.69) is 41.6 Å². The first-order valence-electron chi connectivity index (χ1n) is 10.3. The van der Waals surface area contributed by atoms with E-state index in [9.17, 15) is 4.79 Å². The van der Waals surface area contributed by atoms with Gasteiger partial charge in [-0.05, 0) is 63.9 Å². The van der Waals surface area contributed by atoms with Gasteiger partial charge in [0, 0.05) is 17.0 Å². The van der Waals surface area contributed by atoms with E-state index in [-0.39, 0.29) is 5.91 Å². The zero-order chi connectivity index (χ0) is 20.8. The normalized spacial score (nSPS) is 13.6. The number of hydrogen-bond acceptors (Lipinski definition) is 3. The Balaban J connectivity index is 1.63. The number of benzene rings is 2. The highest BCUT2D eigenvalue weighted by atomic mass is 16.1. The molecule has 0 atom stereocenters. The van der Waals surface area contributed by atoms with Crippen LogP contribution in [0.25, 0.3) is 27.8 Å². The topological polar surface area (TPSA) is 59.8 Å². The van der Waals surface area contributed by atoms with E-state index >= 15 is 0 Å². The quantitative estimate of drug-likeness (QED) is 0.533. The van der Waals surface area contributed by atoms with Crippen LogP contribution in [0.1, 0.15) is 40.0 Å². The van der Waals surface area contributed by atoms with Crippen LogP contribution in [0.15, 0.2) is 54.7 Å². The van der Waals surface area contributed by atoms with E-state index in [0.717, 1.165) is 51.9 Å². The lowest BCUT2D eigenvalue weighted by atomic mass is 10.0. The van der Waals surface area contributed by atoms with Gasteiger partial charge in [-0.1, -0.05) is 29.3 Å². The fourth-order valence-electron chi connectivity index (χ4n) is 3.76. The van der Waals surface area contributed by atoms with Gasteiger partial charge in [0.2, 0.25) is 0 Å². The summed E-state index contributed by atoms with van der Waals surface area (Å²) in [5.74, 6) is -0.0275. The van der Waals surface area contributed by atoms with E-state index < -0.39 is 0 Å². The molecule has 1 amide bonds. The number of pyridine rings is 1. The summed E-state index contributed by atoms with van der Waals surface area (Å²) < 4.78 is 1.92. The Hall–Kier alpha value is -3.47. The molecule has 1 fully saturated rings. The molecule has 30 heavy (non-hydrogen) atoms. The molecule has 0 unspecified atom stereocenters. The van der Waals surface area contributed by atoms with Gasteiger partial charge in [0.05, 0.1) is 34.4 Å². The molecular formula is C25H24N4O. The van der Waals surface area contributed by atoms with Gasteiger partial charge in [0.25, 0.3) is 5.91 Å². The van der Waals surface area contributed by atoms with Crippen LogP contribution in [-0.4, -0.2) is 26.7 Å². The number of hydrogen-bond donors (Lipinski definition) is 1. The maximum absolute atomic E-state index is 13.0. The molecule has 0 radical (unpaired) electrons. The number of aromatic nitrogens is 3. The van der Waals surface area contributed by atoms with Crippen LogP contribution in [-0.2, 0) is 0 Å². The van der Waals surface area contributed by atoms with E-state index in [1.165, 1.54) is 5.56 Å². The molecule has 0 bridgehead atoms. The van der Waals surface area contributed by atoms with Crippen LogP contribution in [0.5, 0.6) is 0 Å². The smallest absolute Gasteiger partial charge is 0.252 e. The van der Waals surface area contributed by atoms with Crippen LogP contribution in [0.3, 0.4) is 0 Å². The van der Waals surface area contributed by atoms with Crippen molar-refractivity contribution in [3.8, 4) is 16.9 Å². The van der Waals surface area contributed by atoms with Gasteiger partial charge in [-0.15, -0.1) is 0 Å². The number of amides is 1. The fourth-order valence-corrected chi connectivity index (χ4v) is 3.76. The van der Waals surface area contributed by atoms with Crippen LogP contribution in [0, 0.1) is 20.8 Å². The van der Waals surface area contributed by atoms with Crippen molar-refractivity contribution in [2.75, 3.05) is 0 Å². The third-order valence-corrected chi connectivity index (χ3v) is 5.69. The number of fused-ring (bicyclic) bond motifs is 1. The summed E-state index contributed by atoms with van der Waals surface area (Å²) >= 11 is 0. The van der Waals surface area contributed by atoms with E-state index in [4.69, 9.17) is 4.98 Å². The number of carbonyl (C=O) groups excluding carboxylic acids is 1. The summed E-state index contributed by atoms with van der Waals surface area (Å²) in [6.45, 7) is 6.14. The second kappa shape index (κ2) is 7.10. The number of aryl methyl sites for hydroxylation is 2. The van der Waals surface area contributed by atoms with Gasteiger partial charge >= 0.3 is 0 Å². The standard InChI is InChI=1S/C25H24N4O/c1-15-4-9-19(10-5-15)29-17(3)22(14-26-29)24-13-21(25(30)27-18-7-8-18)20-12-16(2)6-11-23(20)28-24/h4-6,9-14,18H,7-8H2,1-3H3,(H,27,30). The van der Waals surface area contributed by atoms with E-state index in [0.29, 0.717) is 11.6 Å². The predicted molar refractivity (Wildman–Crippen MR) is 119 cm³/mol. The molecular weight excluding hydrogens is 372 g/mol. The third kappa shape index (κ3) is 3.36. The molecule has 0 saturated heterocycles. The van der Waals surface area contributed by atoms with Crippen molar-refractivity contribution in [2.45, 2.75) is 39.7 Å². The second-order valence-electron chi connectivity index (χ2n) is 8.21. The Morgan fingerprint density at radius 1 is 1.00 bits per heavy atom. The molecule has 4 aromatic rings. The molecule has 5 nitrogen and oxygen atoms in total. The first-order chi connectivity index (χ1) is 14.5. The maximum Gasteiger partial charge on any atom is 0.252 e. The lowest BCUT2D eigenvalue weighted by Crippen LogP contribution is -2.25. The lowest BCUT2D eigenvalue weighted by Gasteiger charge is -2.11. The summed E-state index contributed by atoms with van der Waals surface area (Å²) in [4.78, 5) is 17.9. The fraction of sp³-hybridized carbons (Fsp3) is 0.240. The molecule has 150 valence electrons. The summed E-state index contributed by atoms with van der Waals surface area (Å²) in [6, 6.07) is 16.5. The Morgan fingerprint density at radius 3 is 2.47 bits per heavy atom. The molecule has 1 aliphatic carbocycles. The summed E-state index contributed by atoms with van der Waals surface area (Å²) in [6.07, 6.45) is 3.95. The second-order valence-corrected chi connectivity index (χ2v) is 8.21. The van der Waals surface area contributed by atoms with Crippen molar-refractivity contribution in [3.05, 3.63) is 77.1 Å². The Morgan fingerprint density at radius 2 is 1.73 bits per heavy atom. The van der Waals surface area contributed by atoms with Gasteiger partial charge < -0.3 is 5.32 Å². The minimum absolute atomic E-state index is 0.0275. The van der Waals surface area contributed by atoms with Crippen molar-refractivity contribution >= 4 is 16.8 Å². The first kappa shape index (κ1) is 18.6. The van der Waals surface area contributed by atoms with Crippen molar-refractivity contribution in [1.29, 1.82) is 0 Å². The minimum atomic E-state index is -0.0275. The molecule has 2 heterocycles. The number of carbonyl (C=O) groups is 1. The van der Waals surface area contributed by atoms with E-state index in [1.54, 1.807) is 0 Å². The minimum Gasteiger partial charge on any atom is -0.349 e. The molecule has 1 saturated carbocycles. The monoisotopic (exact) mass is 396 g/mol. The highest BCUT2D eigenvalue weighted by Crippen LogP contribution is 2.29. The Kier molecular flexibility index (Phi) is 4.39. The molecule has 2 aromatic heterocycles. The average Bonchev–Trinajstić information content (AvgIpc) is 3.47. The highest BCUT2D eigenvalue weighted by Gasteiger charge is 2.25. The van der Waals surface area contributed by atoms with Crippen molar-refractivity contribution in [3.63, 3.8) is 0 Å². The first-order valence-corrected chi connectivity index (χ1v) is 10.3. The molecule has 0 spiro atoms. The van der Waals surface area contributed by atoms with Crippen LogP contribution in [0.2, 0.25) is 0 Å². The molecule has 1 aliphatic rings. The van der Waals surface area contributed by atoms with Crippen molar-refractivity contribution < 1.29 is 4.79 Å². The molecule has 1 N–H and O–H groups in total. The zero-order valence-electron chi connectivity index (χ0n) is 17.4. The number of nitrogens with one attached hydrogen (secondary N) is 1.